The second kappa shape index (κ2) is 8.22. The number of amides is 1. The first-order chi connectivity index (χ1) is 16.3. The van der Waals surface area contributed by atoms with Crippen LogP contribution in [0.25, 0.3) is 22.6 Å². The summed E-state index contributed by atoms with van der Waals surface area (Å²) >= 11 is 0. The van der Waals surface area contributed by atoms with Crippen LogP contribution < -0.4 is 4.90 Å². The van der Waals surface area contributed by atoms with Gasteiger partial charge in [0.2, 0.25) is 0 Å². The number of fused-ring (bicyclic) bond motifs is 1. The summed E-state index contributed by atoms with van der Waals surface area (Å²) in [5.41, 5.74) is 2.44. The average molecular weight is 456 g/mol. The number of carbonyl (C=O) groups excluding carboxylic acids is 1. The summed E-state index contributed by atoms with van der Waals surface area (Å²) in [7, 11) is 0. The number of hydrogen-bond acceptors (Lipinski definition) is 4. The van der Waals surface area contributed by atoms with E-state index < -0.39 is 11.8 Å². The van der Waals surface area contributed by atoms with Crippen LogP contribution in [0.5, 0.6) is 0 Å². The van der Waals surface area contributed by atoms with Crippen LogP contribution in [0.3, 0.4) is 0 Å². The van der Waals surface area contributed by atoms with E-state index in [1.165, 1.54) is 12.1 Å². The number of carboxylic acid groups (broad SMARTS) is 1. The summed E-state index contributed by atoms with van der Waals surface area (Å²) in [6.07, 6.45) is 3.62. The molecule has 2 aromatic heterocycles. The van der Waals surface area contributed by atoms with Crippen molar-refractivity contribution in [3.63, 3.8) is 0 Å². The maximum atomic E-state index is 14.5. The van der Waals surface area contributed by atoms with Gasteiger partial charge in [-0.05, 0) is 61.4 Å². The van der Waals surface area contributed by atoms with Gasteiger partial charge in [-0.1, -0.05) is 18.2 Å². The monoisotopic (exact) mass is 456 g/mol. The van der Waals surface area contributed by atoms with Crippen LogP contribution in [0, 0.1) is 5.82 Å². The molecule has 7 nitrogen and oxygen atoms in total. The van der Waals surface area contributed by atoms with E-state index >= 15 is 0 Å². The summed E-state index contributed by atoms with van der Waals surface area (Å²) in [5.74, 6) is -0.728. The Bertz CT molecular complexity index is 1440. The van der Waals surface area contributed by atoms with Crippen molar-refractivity contribution >= 4 is 17.7 Å². The number of pyridine rings is 1. The molecule has 0 fully saturated rings. The molecule has 34 heavy (non-hydrogen) atoms. The van der Waals surface area contributed by atoms with Gasteiger partial charge in [0.1, 0.15) is 17.3 Å². The van der Waals surface area contributed by atoms with E-state index in [0.717, 1.165) is 17.5 Å². The van der Waals surface area contributed by atoms with E-state index in [1.807, 2.05) is 22.9 Å². The molecule has 1 aliphatic heterocycles. The van der Waals surface area contributed by atoms with E-state index in [-0.39, 0.29) is 23.1 Å². The molecule has 170 valence electrons. The van der Waals surface area contributed by atoms with Crippen molar-refractivity contribution in [2.24, 2.45) is 0 Å². The van der Waals surface area contributed by atoms with Crippen molar-refractivity contribution in [1.29, 1.82) is 0 Å². The van der Waals surface area contributed by atoms with Gasteiger partial charge in [0.25, 0.3) is 5.91 Å². The molecule has 5 rings (SSSR count). The largest absolute Gasteiger partial charge is 0.478 e. The van der Waals surface area contributed by atoms with Crippen LogP contribution in [0.15, 0.2) is 67.0 Å². The van der Waals surface area contributed by atoms with Crippen LogP contribution in [0.2, 0.25) is 0 Å². The van der Waals surface area contributed by atoms with Crippen molar-refractivity contribution in [1.82, 2.24) is 14.5 Å². The molecule has 0 saturated carbocycles. The molecule has 8 heteroatoms. The Hall–Kier alpha value is -4.33. The summed E-state index contributed by atoms with van der Waals surface area (Å²) < 4.78 is 16.5. The Kier molecular flexibility index (Phi) is 5.20. The highest BCUT2D eigenvalue weighted by atomic mass is 19.1. The third-order valence-electron chi connectivity index (χ3n) is 5.90. The number of carbonyl (C=O) groups is 2. The standard InChI is InChI=1S/C26H21FN4O3/c1-15(2)30-11-10-28-24(30)22-4-3-5-23(29-22)31-14-18-7-6-16(12-20(18)25(31)32)19-13-17(26(33)34)8-9-21(19)27/h3-13,15H,14H2,1-2H3,(H,33,34). The Morgan fingerprint density at radius 1 is 1.09 bits per heavy atom. The van der Waals surface area contributed by atoms with Crippen molar-refractivity contribution in [3.05, 3.63) is 89.5 Å². The molecule has 0 radical (unpaired) electrons. The van der Waals surface area contributed by atoms with Gasteiger partial charge in [0.05, 0.1) is 12.1 Å². The molecule has 0 unspecified atom stereocenters. The Morgan fingerprint density at radius 2 is 1.91 bits per heavy atom. The van der Waals surface area contributed by atoms with Crippen LogP contribution in [-0.2, 0) is 6.54 Å². The quantitative estimate of drug-likeness (QED) is 0.446. The third-order valence-corrected chi connectivity index (χ3v) is 5.90. The lowest BCUT2D eigenvalue weighted by molar-refractivity contribution is 0.0696. The second-order valence-electron chi connectivity index (χ2n) is 8.40. The number of carboxylic acids is 1. The molecule has 0 spiro atoms. The zero-order chi connectivity index (χ0) is 24.0. The topological polar surface area (TPSA) is 88.3 Å². The minimum absolute atomic E-state index is 0.0226. The highest BCUT2D eigenvalue weighted by Gasteiger charge is 2.30. The van der Waals surface area contributed by atoms with Gasteiger partial charge in [-0.25, -0.2) is 19.2 Å². The van der Waals surface area contributed by atoms with Gasteiger partial charge in [-0.15, -0.1) is 0 Å². The van der Waals surface area contributed by atoms with Crippen LogP contribution in [0.4, 0.5) is 10.2 Å². The van der Waals surface area contributed by atoms with Crippen LogP contribution >= 0.6 is 0 Å². The number of halogens is 1. The average Bonchev–Trinajstić information content (AvgIpc) is 3.44. The number of anilines is 1. The normalized spacial score (nSPS) is 12.9. The fraction of sp³-hybridized carbons (Fsp3) is 0.154. The summed E-state index contributed by atoms with van der Waals surface area (Å²) in [6.45, 7) is 4.45. The predicted molar refractivity (Wildman–Crippen MR) is 125 cm³/mol. The summed E-state index contributed by atoms with van der Waals surface area (Å²) in [4.78, 5) is 35.3. The van der Waals surface area contributed by atoms with E-state index in [1.54, 1.807) is 35.4 Å². The molecule has 2 aromatic carbocycles. The lowest BCUT2D eigenvalue weighted by Crippen LogP contribution is -2.24. The molecule has 4 aromatic rings. The van der Waals surface area contributed by atoms with Gasteiger partial charge < -0.3 is 9.67 Å². The van der Waals surface area contributed by atoms with Gasteiger partial charge in [-0.3, -0.25) is 9.69 Å². The van der Waals surface area contributed by atoms with Gasteiger partial charge in [0, 0.05) is 29.6 Å². The SMILES string of the molecule is CC(C)n1ccnc1-c1cccc(N2Cc3ccc(-c4cc(C(=O)O)ccc4F)cc3C2=O)n1. The Labute approximate surface area is 195 Å². The number of benzene rings is 2. The predicted octanol–water partition coefficient (Wildman–Crippen LogP) is 5.19. The maximum Gasteiger partial charge on any atom is 0.335 e. The molecule has 1 aliphatic rings. The summed E-state index contributed by atoms with van der Waals surface area (Å²) in [6, 6.07) is 14.4. The van der Waals surface area contributed by atoms with E-state index in [2.05, 4.69) is 18.8 Å². The Balaban J connectivity index is 1.49. The molecule has 0 bridgehead atoms. The minimum Gasteiger partial charge on any atom is -0.478 e. The van der Waals surface area contributed by atoms with E-state index in [0.29, 0.717) is 29.2 Å². The molecule has 1 amide bonds. The van der Waals surface area contributed by atoms with Crippen molar-refractivity contribution < 1.29 is 19.1 Å². The highest BCUT2D eigenvalue weighted by Crippen LogP contribution is 2.33. The lowest BCUT2D eigenvalue weighted by atomic mass is 9.98. The fourth-order valence-corrected chi connectivity index (χ4v) is 4.16. The molecular weight excluding hydrogens is 435 g/mol. The van der Waals surface area contributed by atoms with Crippen molar-refractivity contribution in [3.8, 4) is 22.6 Å². The smallest absolute Gasteiger partial charge is 0.335 e. The fourth-order valence-electron chi connectivity index (χ4n) is 4.16. The van der Waals surface area contributed by atoms with Gasteiger partial charge in [0.15, 0.2) is 5.82 Å². The minimum atomic E-state index is -1.14. The first kappa shape index (κ1) is 21.5. The van der Waals surface area contributed by atoms with Gasteiger partial charge in [-0.2, -0.15) is 0 Å². The molecular formula is C26H21FN4O3. The van der Waals surface area contributed by atoms with Crippen LogP contribution in [0.1, 0.15) is 46.2 Å². The number of hydrogen-bond donors (Lipinski definition) is 1. The maximum absolute atomic E-state index is 14.5. The molecule has 1 N–H and O–H groups in total. The third kappa shape index (κ3) is 3.63. The van der Waals surface area contributed by atoms with Gasteiger partial charge >= 0.3 is 5.97 Å². The lowest BCUT2D eigenvalue weighted by Gasteiger charge is -2.16. The van der Waals surface area contributed by atoms with Crippen molar-refractivity contribution in [2.45, 2.75) is 26.4 Å². The second-order valence-corrected chi connectivity index (χ2v) is 8.40. The first-order valence-corrected chi connectivity index (χ1v) is 10.8. The van der Waals surface area contributed by atoms with Crippen LogP contribution in [-0.4, -0.2) is 31.5 Å². The number of aromatic nitrogens is 3. The molecule has 0 saturated heterocycles. The van der Waals surface area contributed by atoms with E-state index in [4.69, 9.17) is 4.98 Å². The number of aromatic carboxylic acids is 1. The van der Waals surface area contributed by atoms with Crippen molar-refractivity contribution in [2.75, 3.05) is 4.90 Å². The first-order valence-electron chi connectivity index (χ1n) is 10.8. The zero-order valence-corrected chi connectivity index (χ0v) is 18.6. The zero-order valence-electron chi connectivity index (χ0n) is 18.6. The number of nitrogens with zero attached hydrogens (tertiary/aromatic N) is 4. The molecule has 0 aliphatic carbocycles. The Morgan fingerprint density at radius 3 is 2.68 bits per heavy atom. The summed E-state index contributed by atoms with van der Waals surface area (Å²) in [5, 5.41) is 9.25. The van der Waals surface area contributed by atoms with E-state index in [9.17, 15) is 19.1 Å². The molecule has 0 atom stereocenters. The number of imidazole rings is 1. The highest BCUT2D eigenvalue weighted by molar-refractivity contribution is 6.10. The number of rotatable bonds is 5. The molecule has 3 heterocycles.